The molecule has 1 fully saturated rings. The average Bonchev–Trinajstić information content (AvgIpc) is 2.76. The fraction of sp³-hybridized carbons (Fsp3) is 0.545. The van der Waals surface area contributed by atoms with Crippen LogP contribution < -0.4 is 4.90 Å². The first-order valence-electron chi connectivity index (χ1n) is 5.43. The molecule has 1 aromatic heterocycles. The monoisotopic (exact) mass is 246 g/mol. The van der Waals surface area contributed by atoms with Crippen LogP contribution in [0.3, 0.4) is 0 Å². The summed E-state index contributed by atoms with van der Waals surface area (Å²) in [7, 11) is 0. The van der Waals surface area contributed by atoms with E-state index in [0.717, 1.165) is 31.6 Å². The summed E-state index contributed by atoms with van der Waals surface area (Å²) in [6, 6.07) is 2.35. The van der Waals surface area contributed by atoms with Gasteiger partial charge in [-0.25, -0.2) is 4.98 Å². The van der Waals surface area contributed by atoms with Gasteiger partial charge in [-0.2, -0.15) is 13.2 Å². The summed E-state index contributed by atoms with van der Waals surface area (Å²) in [5, 5.41) is 9.13. The first-order valence-corrected chi connectivity index (χ1v) is 5.43. The van der Waals surface area contributed by atoms with E-state index in [-0.39, 0.29) is 12.6 Å². The highest BCUT2D eigenvalue weighted by molar-refractivity contribution is 5.42. The van der Waals surface area contributed by atoms with Crippen molar-refractivity contribution in [1.29, 1.82) is 0 Å². The first kappa shape index (κ1) is 12.2. The lowest BCUT2D eigenvalue weighted by Gasteiger charge is -2.24. The highest BCUT2D eigenvalue weighted by atomic mass is 19.4. The molecule has 0 saturated carbocycles. The van der Waals surface area contributed by atoms with Crippen LogP contribution in [0.15, 0.2) is 18.3 Å². The number of nitrogens with zero attached hydrogens (tertiary/aromatic N) is 2. The Labute approximate surface area is 96.9 Å². The number of halogens is 3. The molecule has 94 valence electrons. The van der Waals surface area contributed by atoms with Crippen LogP contribution in [0.4, 0.5) is 19.0 Å². The van der Waals surface area contributed by atoms with E-state index in [2.05, 4.69) is 4.98 Å². The number of pyridine rings is 1. The second kappa shape index (κ2) is 4.52. The maximum atomic E-state index is 12.3. The molecule has 1 N–H and O–H groups in total. The maximum absolute atomic E-state index is 12.3. The summed E-state index contributed by atoms with van der Waals surface area (Å²) < 4.78 is 37.0. The van der Waals surface area contributed by atoms with Gasteiger partial charge in [-0.3, -0.25) is 0 Å². The number of rotatable bonds is 2. The van der Waals surface area contributed by atoms with Crippen molar-refractivity contribution < 1.29 is 18.3 Å². The van der Waals surface area contributed by atoms with Crippen LogP contribution in [0.2, 0.25) is 0 Å². The van der Waals surface area contributed by atoms with Gasteiger partial charge in [-0.05, 0) is 25.0 Å². The third-order valence-corrected chi connectivity index (χ3v) is 2.96. The standard InChI is InChI=1S/C11H13F3N2O/c12-11(13,14)8-3-4-10(15-6-8)16-5-1-2-9(16)7-17/h3-4,6,9,17H,1-2,5,7H2/t9-/m1/s1. The van der Waals surface area contributed by atoms with Gasteiger partial charge in [-0.1, -0.05) is 0 Å². The van der Waals surface area contributed by atoms with Gasteiger partial charge in [0.05, 0.1) is 18.2 Å². The summed E-state index contributed by atoms with van der Waals surface area (Å²) in [4.78, 5) is 5.67. The SMILES string of the molecule is OC[C@H]1CCCN1c1ccc(C(F)(F)F)cn1. The summed E-state index contributed by atoms with van der Waals surface area (Å²) in [6.45, 7) is 0.728. The molecular weight excluding hydrogens is 233 g/mol. The van der Waals surface area contributed by atoms with Gasteiger partial charge in [0.2, 0.25) is 0 Å². The molecule has 2 heterocycles. The van der Waals surface area contributed by atoms with Crippen LogP contribution in [0.1, 0.15) is 18.4 Å². The molecule has 1 aromatic rings. The van der Waals surface area contributed by atoms with Crippen molar-refractivity contribution in [3.63, 3.8) is 0 Å². The third kappa shape index (κ3) is 2.52. The van der Waals surface area contributed by atoms with Crippen molar-refractivity contribution in [2.24, 2.45) is 0 Å². The van der Waals surface area contributed by atoms with Crippen molar-refractivity contribution >= 4 is 5.82 Å². The second-order valence-electron chi connectivity index (χ2n) is 4.07. The van der Waals surface area contributed by atoms with E-state index >= 15 is 0 Å². The molecule has 1 atom stereocenters. The number of alkyl halides is 3. The maximum Gasteiger partial charge on any atom is 0.417 e. The molecule has 1 aliphatic heterocycles. The van der Waals surface area contributed by atoms with Crippen LogP contribution in [0, 0.1) is 0 Å². The Hall–Kier alpha value is -1.30. The highest BCUT2D eigenvalue weighted by Crippen LogP contribution is 2.30. The van der Waals surface area contributed by atoms with Gasteiger partial charge >= 0.3 is 6.18 Å². The molecule has 6 heteroatoms. The second-order valence-corrected chi connectivity index (χ2v) is 4.07. The number of hydrogen-bond acceptors (Lipinski definition) is 3. The first-order chi connectivity index (χ1) is 8.02. The lowest BCUT2D eigenvalue weighted by Crippen LogP contribution is -2.32. The zero-order valence-electron chi connectivity index (χ0n) is 9.11. The van der Waals surface area contributed by atoms with Gasteiger partial charge < -0.3 is 10.0 Å². The minimum atomic E-state index is -4.35. The molecule has 0 aromatic carbocycles. The average molecular weight is 246 g/mol. The molecule has 0 unspecified atom stereocenters. The van der Waals surface area contributed by atoms with E-state index in [1.165, 1.54) is 6.07 Å². The quantitative estimate of drug-likeness (QED) is 0.867. The molecule has 0 amide bonds. The van der Waals surface area contributed by atoms with Crippen molar-refractivity contribution in [3.8, 4) is 0 Å². The summed E-state index contributed by atoms with van der Waals surface area (Å²) in [6.07, 6.45) is -1.75. The molecule has 17 heavy (non-hydrogen) atoms. The molecule has 2 rings (SSSR count). The number of aromatic nitrogens is 1. The summed E-state index contributed by atoms with van der Waals surface area (Å²) >= 11 is 0. The molecule has 0 radical (unpaired) electrons. The smallest absolute Gasteiger partial charge is 0.394 e. The Morgan fingerprint density at radius 3 is 2.71 bits per heavy atom. The van der Waals surface area contributed by atoms with Crippen LogP contribution >= 0.6 is 0 Å². The molecule has 3 nitrogen and oxygen atoms in total. The molecule has 1 aliphatic rings. The molecule has 0 aliphatic carbocycles. The highest BCUT2D eigenvalue weighted by Gasteiger charge is 2.31. The molecule has 0 bridgehead atoms. The van der Waals surface area contributed by atoms with E-state index in [0.29, 0.717) is 5.82 Å². The molecular formula is C11H13F3N2O. The van der Waals surface area contributed by atoms with Crippen molar-refractivity contribution in [2.75, 3.05) is 18.1 Å². The van der Waals surface area contributed by atoms with E-state index < -0.39 is 11.7 Å². The zero-order valence-corrected chi connectivity index (χ0v) is 9.11. The minimum absolute atomic E-state index is 0.00268. The lowest BCUT2D eigenvalue weighted by atomic mass is 10.2. The Kier molecular flexibility index (Phi) is 3.24. The fourth-order valence-corrected chi connectivity index (χ4v) is 2.05. The van der Waals surface area contributed by atoms with Gasteiger partial charge in [0.1, 0.15) is 5.82 Å². The summed E-state index contributed by atoms with van der Waals surface area (Å²) in [5.41, 5.74) is -0.749. The van der Waals surface area contributed by atoms with Gasteiger partial charge in [-0.15, -0.1) is 0 Å². The van der Waals surface area contributed by atoms with Gasteiger partial charge in [0, 0.05) is 12.7 Å². The van der Waals surface area contributed by atoms with Crippen LogP contribution in [0.25, 0.3) is 0 Å². The Morgan fingerprint density at radius 1 is 1.41 bits per heavy atom. The van der Waals surface area contributed by atoms with Crippen molar-refractivity contribution in [1.82, 2.24) is 4.98 Å². The lowest BCUT2D eigenvalue weighted by molar-refractivity contribution is -0.137. The molecule has 0 spiro atoms. The van der Waals surface area contributed by atoms with Crippen LogP contribution in [-0.4, -0.2) is 29.3 Å². The number of aliphatic hydroxyl groups is 1. The fourth-order valence-electron chi connectivity index (χ4n) is 2.05. The Bertz CT molecular complexity index is 377. The van der Waals surface area contributed by atoms with Gasteiger partial charge in [0.15, 0.2) is 0 Å². The minimum Gasteiger partial charge on any atom is -0.394 e. The van der Waals surface area contributed by atoms with E-state index in [4.69, 9.17) is 5.11 Å². The van der Waals surface area contributed by atoms with E-state index in [1.54, 1.807) is 0 Å². The summed E-state index contributed by atoms with van der Waals surface area (Å²) in [5.74, 6) is 0.495. The third-order valence-electron chi connectivity index (χ3n) is 2.96. The van der Waals surface area contributed by atoms with Crippen molar-refractivity contribution in [3.05, 3.63) is 23.9 Å². The normalized spacial score (nSPS) is 20.9. The zero-order chi connectivity index (χ0) is 12.5. The topological polar surface area (TPSA) is 36.4 Å². The predicted octanol–water partition coefficient (Wildman–Crippen LogP) is 2.06. The van der Waals surface area contributed by atoms with Crippen molar-refractivity contribution in [2.45, 2.75) is 25.1 Å². The Balaban J connectivity index is 2.18. The number of anilines is 1. The number of hydrogen-bond donors (Lipinski definition) is 1. The Morgan fingerprint density at radius 2 is 2.18 bits per heavy atom. The number of aliphatic hydroxyl groups excluding tert-OH is 1. The van der Waals surface area contributed by atoms with Crippen LogP contribution in [-0.2, 0) is 6.18 Å². The van der Waals surface area contributed by atoms with E-state index in [1.807, 2.05) is 4.90 Å². The van der Waals surface area contributed by atoms with Gasteiger partial charge in [0.25, 0.3) is 0 Å². The predicted molar refractivity (Wildman–Crippen MR) is 56.7 cm³/mol. The molecule has 1 saturated heterocycles. The van der Waals surface area contributed by atoms with E-state index in [9.17, 15) is 13.2 Å². The largest absolute Gasteiger partial charge is 0.417 e. The van der Waals surface area contributed by atoms with Crippen LogP contribution in [0.5, 0.6) is 0 Å².